The Bertz CT molecular complexity index is 828. The first kappa shape index (κ1) is 17.6. The molecule has 8 nitrogen and oxygen atoms in total. The van der Waals surface area contributed by atoms with Gasteiger partial charge in [-0.1, -0.05) is 0 Å². The minimum Gasteiger partial charge on any atom is -0.352 e. The standard InChI is InChI=1S/C18H21FN6O2/c19-15-9-13(1-4-16(15)25-12-20-11-21-25)18(27)24-7-5-23(6-8-24)10-17(26)22-14-2-3-14/h1,4,9,11-12,14H,2-3,5-8,10H2,(H,22,26). The van der Waals surface area contributed by atoms with E-state index in [9.17, 15) is 14.0 Å². The smallest absolute Gasteiger partial charge is 0.254 e. The van der Waals surface area contributed by atoms with E-state index in [0.717, 1.165) is 12.8 Å². The lowest BCUT2D eigenvalue weighted by molar-refractivity contribution is -0.122. The fraction of sp³-hybridized carbons (Fsp3) is 0.444. The van der Waals surface area contributed by atoms with Gasteiger partial charge in [0.15, 0.2) is 0 Å². The number of nitrogens with one attached hydrogen (secondary N) is 1. The van der Waals surface area contributed by atoms with Gasteiger partial charge in [0.1, 0.15) is 24.2 Å². The molecule has 1 aromatic carbocycles. The molecule has 0 radical (unpaired) electrons. The van der Waals surface area contributed by atoms with Gasteiger partial charge in [-0.25, -0.2) is 14.1 Å². The number of hydrogen-bond acceptors (Lipinski definition) is 5. The Kier molecular flexibility index (Phi) is 4.85. The van der Waals surface area contributed by atoms with Gasteiger partial charge in [-0.05, 0) is 31.0 Å². The van der Waals surface area contributed by atoms with Crippen LogP contribution in [0.15, 0.2) is 30.9 Å². The maximum Gasteiger partial charge on any atom is 0.254 e. The second-order valence-corrected chi connectivity index (χ2v) is 6.92. The zero-order valence-electron chi connectivity index (χ0n) is 14.8. The lowest BCUT2D eigenvalue weighted by Crippen LogP contribution is -2.51. The zero-order chi connectivity index (χ0) is 18.8. The normalized spacial score (nSPS) is 17.7. The number of carbonyl (C=O) groups excluding carboxylic acids is 2. The Hall–Kier alpha value is -2.81. The number of aromatic nitrogens is 3. The van der Waals surface area contributed by atoms with E-state index >= 15 is 0 Å². The summed E-state index contributed by atoms with van der Waals surface area (Å²) in [4.78, 5) is 32.1. The number of carbonyl (C=O) groups is 2. The van der Waals surface area contributed by atoms with Crippen molar-refractivity contribution < 1.29 is 14.0 Å². The molecule has 4 rings (SSSR count). The third-order valence-corrected chi connectivity index (χ3v) is 4.83. The molecule has 1 aliphatic carbocycles. The molecule has 1 aromatic heterocycles. The molecular formula is C18H21FN6O2. The summed E-state index contributed by atoms with van der Waals surface area (Å²) in [6, 6.07) is 4.71. The van der Waals surface area contributed by atoms with Crippen molar-refractivity contribution in [2.75, 3.05) is 32.7 Å². The first-order valence-electron chi connectivity index (χ1n) is 9.06. The van der Waals surface area contributed by atoms with Crippen LogP contribution in [0.5, 0.6) is 0 Å². The quantitative estimate of drug-likeness (QED) is 0.824. The first-order valence-corrected chi connectivity index (χ1v) is 9.06. The maximum atomic E-state index is 14.3. The molecule has 1 saturated heterocycles. The SMILES string of the molecule is O=C(CN1CCN(C(=O)c2ccc(-n3cncn3)c(F)c2)CC1)NC1CC1. The Morgan fingerprint density at radius 1 is 1.19 bits per heavy atom. The van der Waals surface area contributed by atoms with Gasteiger partial charge >= 0.3 is 0 Å². The van der Waals surface area contributed by atoms with Crippen molar-refractivity contribution in [2.24, 2.45) is 0 Å². The summed E-state index contributed by atoms with van der Waals surface area (Å²) >= 11 is 0. The van der Waals surface area contributed by atoms with Crippen LogP contribution in [0.2, 0.25) is 0 Å². The molecular weight excluding hydrogens is 351 g/mol. The van der Waals surface area contributed by atoms with E-state index in [1.165, 1.54) is 29.5 Å². The molecule has 1 saturated carbocycles. The second kappa shape index (κ2) is 7.43. The van der Waals surface area contributed by atoms with Gasteiger partial charge in [-0.15, -0.1) is 0 Å². The molecule has 9 heteroatoms. The third kappa shape index (κ3) is 4.13. The molecule has 1 aliphatic heterocycles. The van der Waals surface area contributed by atoms with Crippen LogP contribution >= 0.6 is 0 Å². The first-order chi connectivity index (χ1) is 13.1. The predicted octanol–water partition coefficient (Wildman–Crippen LogP) is 0.443. The molecule has 2 amide bonds. The van der Waals surface area contributed by atoms with Gasteiger partial charge in [0.2, 0.25) is 5.91 Å². The summed E-state index contributed by atoms with van der Waals surface area (Å²) in [5, 5.41) is 6.87. The van der Waals surface area contributed by atoms with E-state index < -0.39 is 5.82 Å². The number of nitrogens with zero attached hydrogens (tertiary/aromatic N) is 5. The van der Waals surface area contributed by atoms with Crippen LogP contribution in [-0.2, 0) is 4.79 Å². The van der Waals surface area contributed by atoms with Crippen molar-refractivity contribution in [3.8, 4) is 5.69 Å². The molecule has 2 aliphatic rings. The maximum absolute atomic E-state index is 14.3. The average Bonchev–Trinajstić information content (AvgIpc) is 3.30. The van der Waals surface area contributed by atoms with Gasteiger partial charge < -0.3 is 10.2 Å². The second-order valence-electron chi connectivity index (χ2n) is 6.92. The largest absolute Gasteiger partial charge is 0.352 e. The third-order valence-electron chi connectivity index (χ3n) is 4.83. The number of rotatable bonds is 5. The molecule has 0 unspecified atom stereocenters. The van der Waals surface area contributed by atoms with Crippen LogP contribution in [0.4, 0.5) is 4.39 Å². The van der Waals surface area contributed by atoms with Crippen molar-refractivity contribution in [2.45, 2.75) is 18.9 Å². The van der Waals surface area contributed by atoms with Gasteiger partial charge in [0, 0.05) is 37.8 Å². The van der Waals surface area contributed by atoms with Crippen molar-refractivity contribution in [3.05, 3.63) is 42.2 Å². The molecule has 0 spiro atoms. The van der Waals surface area contributed by atoms with Crippen LogP contribution in [0.25, 0.3) is 5.69 Å². The predicted molar refractivity (Wildman–Crippen MR) is 94.8 cm³/mol. The number of benzene rings is 1. The number of halogens is 1. The number of piperazine rings is 1. The highest BCUT2D eigenvalue weighted by molar-refractivity contribution is 5.94. The van der Waals surface area contributed by atoms with Crippen LogP contribution in [0, 0.1) is 5.82 Å². The van der Waals surface area contributed by atoms with Gasteiger partial charge in [0.25, 0.3) is 5.91 Å². The van der Waals surface area contributed by atoms with E-state index in [-0.39, 0.29) is 17.5 Å². The van der Waals surface area contributed by atoms with Crippen molar-refractivity contribution >= 4 is 11.8 Å². The molecule has 0 bridgehead atoms. The molecule has 27 heavy (non-hydrogen) atoms. The van der Waals surface area contributed by atoms with Crippen LogP contribution in [0.1, 0.15) is 23.2 Å². The van der Waals surface area contributed by atoms with E-state index in [4.69, 9.17) is 0 Å². The van der Waals surface area contributed by atoms with Crippen LogP contribution in [0.3, 0.4) is 0 Å². The monoisotopic (exact) mass is 372 g/mol. The lowest BCUT2D eigenvalue weighted by atomic mass is 10.1. The highest BCUT2D eigenvalue weighted by Gasteiger charge is 2.27. The van der Waals surface area contributed by atoms with Gasteiger partial charge in [-0.3, -0.25) is 14.5 Å². The fourth-order valence-corrected chi connectivity index (χ4v) is 3.15. The van der Waals surface area contributed by atoms with Crippen molar-refractivity contribution in [1.29, 1.82) is 0 Å². The van der Waals surface area contributed by atoms with Crippen LogP contribution in [-0.4, -0.2) is 75.1 Å². The van der Waals surface area contributed by atoms with Gasteiger partial charge in [0.05, 0.1) is 6.54 Å². The van der Waals surface area contributed by atoms with Crippen molar-refractivity contribution in [1.82, 2.24) is 29.9 Å². The Labute approximate surface area is 156 Å². The minimum atomic E-state index is -0.526. The Morgan fingerprint density at radius 3 is 2.59 bits per heavy atom. The summed E-state index contributed by atoms with van der Waals surface area (Å²) in [6.45, 7) is 2.65. The van der Waals surface area contributed by atoms with Crippen LogP contribution < -0.4 is 5.32 Å². The topological polar surface area (TPSA) is 83.4 Å². The van der Waals surface area contributed by atoms with E-state index in [2.05, 4.69) is 15.4 Å². The fourth-order valence-electron chi connectivity index (χ4n) is 3.15. The minimum absolute atomic E-state index is 0.0445. The summed E-state index contributed by atoms with van der Waals surface area (Å²) in [7, 11) is 0. The molecule has 2 fully saturated rings. The highest BCUT2D eigenvalue weighted by Crippen LogP contribution is 2.19. The average molecular weight is 372 g/mol. The van der Waals surface area contributed by atoms with Gasteiger partial charge in [-0.2, -0.15) is 5.10 Å². The lowest BCUT2D eigenvalue weighted by Gasteiger charge is -2.34. The summed E-state index contributed by atoms with van der Waals surface area (Å²) < 4.78 is 15.7. The Balaban J connectivity index is 1.33. The molecule has 2 aromatic rings. The van der Waals surface area contributed by atoms with E-state index in [1.807, 2.05) is 4.90 Å². The summed E-state index contributed by atoms with van der Waals surface area (Å²) in [5.41, 5.74) is 0.548. The number of hydrogen-bond donors (Lipinski definition) is 1. The molecule has 2 heterocycles. The van der Waals surface area contributed by atoms with E-state index in [0.29, 0.717) is 44.3 Å². The summed E-state index contributed by atoms with van der Waals surface area (Å²) in [6.07, 6.45) is 4.86. The Morgan fingerprint density at radius 2 is 1.96 bits per heavy atom. The molecule has 142 valence electrons. The highest BCUT2D eigenvalue weighted by atomic mass is 19.1. The van der Waals surface area contributed by atoms with E-state index in [1.54, 1.807) is 11.0 Å². The molecule has 1 N–H and O–H groups in total. The number of amides is 2. The zero-order valence-corrected chi connectivity index (χ0v) is 14.8. The van der Waals surface area contributed by atoms with Crippen molar-refractivity contribution in [3.63, 3.8) is 0 Å². The summed E-state index contributed by atoms with van der Waals surface area (Å²) in [5.74, 6) is -0.689. The molecule has 0 atom stereocenters.